The van der Waals surface area contributed by atoms with Crippen LogP contribution in [0.1, 0.15) is 35.6 Å². The van der Waals surface area contributed by atoms with E-state index in [1.807, 2.05) is 35.2 Å². The average molecular weight is 389 g/mol. The number of nitrogens with zero attached hydrogens (tertiary/aromatic N) is 2. The van der Waals surface area contributed by atoms with Crippen molar-refractivity contribution in [3.63, 3.8) is 0 Å². The van der Waals surface area contributed by atoms with Crippen molar-refractivity contribution in [2.75, 3.05) is 19.6 Å². The van der Waals surface area contributed by atoms with E-state index in [1.165, 1.54) is 11.1 Å². The molecule has 1 fully saturated rings. The number of likely N-dealkylation sites (tertiary alicyclic amines) is 1. The first kappa shape index (κ1) is 19.2. The van der Waals surface area contributed by atoms with Crippen molar-refractivity contribution in [1.29, 1.82) is 0 Å². The summed E-state index contributed by atoms with van der Waals surface area (Å²) in [4.78, 5) is 18.9. The van der Waals surface area contributed by atoms with E-state index in [4.69, 9.17) is 4.42 Å². The van der Waals surface area contributed by atoms with Gasteiger partial charge < -0.3 is 14.6 Å². The van der Waals surface area contributed by atoms with Crippen LogP contribution >= 0.6 is 0 Å². The minimum atomic E-state index is 0.0127. The molecule has 2 heterocycles. The third-order valence-corrected chi connectivity index (χ3v) is 5.56. The quantitative estimate of drug-likeness (QED) is 0.683. The third kappa shape index (κ3) is 4.86. The molecule has 1 aliphatic heterocycles. The summed E-state index contributed by atoms with van der Waals surface area (Å²) in [6.07, 6.45) is 4.36. The van der Waals surface area contributed by atoms with Crippen LogP contribution in [-0.2, 0) is 6.42 Å². The number of amides is 2. The number of piperidine rings is 1. The number of nitrogens with one attached hydrogen (secondary N) is 1. The zero-order valence-electron chi connectivity index (χ0n) is 16.8. The first-order chi connectivity index (χ1) is 14.2. The van der Waals surface area contributed by atoms with E-state index >= 15 is 0 Å². The Bertz CT molecular complexity index is 926. The van der Waals surface area contributed by atoms with Gasteiger partial charge in [0.1, 0.15) is 6.26 Å². The van der Waals surface area contributed by atoms with Crippen LogP contribution in [0.4, 0.5) is 4.79 Å². The van der Waals surface area contributed by atoms with Gasteiger partial charge in [-0.15, -0.1) is 0 Å². The number of benzene rings is 2. The summed E-state index contributed by atoms with van der Waals surface area (Å²) in [6.45, 7) is 4.20. The molecule has 3 aromatic rings. The largest absolute Gasteiger partial charge is 0.444 e. The van der Waals surface area contributed by atoms with Crippen molar-refractivity contribution in [2.24, 2.45) is 0 Å². The summed E-state index contributed by atoms with van der Waals surface area (Å²) >= 11 is 0. The lowest BCUT2D eigenvalue weighted by Crippen LogP contribution is -2.44. The Morgan fingerprint density at radius 2 is 1.83 bits per heavy atom. The monoisotopic (exact) mass is 389 g/mol. The topological polar surface area (TPSA) is 58.4 Å². The number of hydrogen-bond acceptors (Lipinski definition) is 3. The molecule has 1 saturated heterocycles. The molecule has 0 saturated carbocycles. The van der Waals surface area contributed by atoms with Gasteiger partial charge in [0.2, 0.25) is 5.89 Å². The Balaban J connectivity index is 1.22. The molecule has 0 aliphatic carbocycles. The maximum atomic E-state index is 12.5. The van der Waals surface area contributed by atoms with Gasteiger partial charge in [0.15, 0.2) is 0 Å². The molecule has 4 rings (SSSR count). The van der Waals surface area contributed by atoms with Crippen molar-refractivity contribution < 1.29 is 9.21 Å². The number of rotatable bonds is 5. The van der Waals surface area contributed by atoms with E-state index in [0.29, 0.717) is 24.8 Å². The number of oxazole rings is 1. The zero-order chi connectivity index (χ0) is 20.1. The van der Waals surface area contributed by atoms with Gasteiger partial charge in [-0.3, -0.25) is 0 Å². The first-order valence-corrected chi connectivity index (χ1v) is 10.3. The predicted molar refractivity (Wildman–Crippen MR) is 114 cm³/mol. The van der Waals surface area contributed by atoms with Crippen LogP contribution in [-0.4, -0.2) is 35.5 Å². The number of carbonyl (C=O) groups excluding carboxylic acids is 1. The van der Waals surface area contributed by atoms with Crippen LogP contribution in [0.15, 0.2) is 65.3 Å². The molecule has 0 bridgehead atoms. The second kappa shape index (κ2) is 8.95. The molecule has 5 nitrogen and oxygen atoms in total. The summed E-state index contributed by atoms with van der Waals surface area (Å²) in [5.41, 5.74) is 4.40. The van der Waals surface area contributed by atoms with Gasteiger partial charge in [0, 0.05) is 31.6 Å². The van der Waals surface area contributed by atoms with Gasteiger partial charge >= 0.3 is 6.03 Å². The van der Waals surface area contributed by atoms with E-state index < -0.39 is 0 Å². The predicted octanol–water partition coefficient (Wildman–Crippen LogP) is 4.78. The second-order valence-corrected chi connectivity index (χ2v) is 7.66. The Morgan fingerprint density at radius 3 is 2.55 bits per heavy atom. The molecule has 2 amide bonds. The summed E-state index contributed by atoms with van der Waals surface area (Å²) in [6, 6.07) is 18.7. The fourth-order valence-electron chi connectivity index (χ4n) is 3.80. The highest BCUT2D eigenvalue weighted by molar-refractivity contribution is 5.74. The van der Waals surface area contributed by atoms with Gasteiger partial charge in [-0.2, -0.15) is 0 Å². The fraction of sp³-hybridized carbons (Fsp3) is 0.333. The Morgan fingerprint density at radius 1 is 1.10 bits per heavy atom. The maximum Gasteiger partial charge on any atom is 0.317 e. The van der Waals surface area contributed by atoms with E-state index in [-0.39, 0.29) is 6.03 Å². The standard InChI is InChI=1S/C24H27N3O2/c1-18-7-9-21(10-8-18)23-26-22(17-29-23)11-14-25-24(28)27-15-12-20(13-16-27)19-5-3-2-4-6-19/h2-10,17,20H,11-16H2,1H3,(H,25,28). The lowest BCUT2D eigenvalue weighted by Gasteiger charge is -2.32. The molecule has 2 aromatic carbocycles. The SMILES string of the molecule is Cc1ccc(-c2nc(CCNC(=O)N3CCC(c4ccccc4)CC3)co2)cc1. The third-order valence-electron chi connectivity index (χ3n) is 5.56. The van der Waals surface area contributed by atoms with Crippen LogP contribution < -0.4 is 5.32 Å². The van der Waals surface area contributed by atoms with Crippen LogP contribution in [0.2, 0.25) is 0 Å². The fourth-order valence-corrected chi connectivity index (χ4v) is 3.80. The van der Waals surface area contributed by atoms with Crippen molar-refractivity contribution in [2.45, 2.75) is 32.1 Å². The van der Waals surface area contributed by atoms with E-state index in [0.717, 1.165) is 37.2 Å². The van der Waals surface area contributed by atoms with Crippen LogP contribution in [0.25, 0.3) is 11.5 Å². The van der Waals surface area contributed by atoms with Gasteiger partial charge in [-0.25, -0.2) is 9.78 Å². The Kier molecular flexibility index (Phi) is 5.94. The lowest BCUT2D eigenvalue weighted by atomic mass is 9.90. The first-order valence-electron chi connectivity index (χ1n) is 10.3. The number of urea groups is 1. The normalized spacial score (nSPS) is 14.7. The summed E-state index contributed by atoms with van der Waals surface area (Å²) in [7, 11) is 0. The number of hydrogen-bond donors (Lipinski definition) is 1. The Labute approximate surface area is 171 Å². The van der Waals surface area contributed by atoms with Crippen molar-refractivity contribution >= 4 is 6.03 Å². The molecular formula is C24H27N3O2. The molecule has 0 spiro atoms. The summed E-state index contributed by atoms with van der Waals surface area (Å²) in [5, 5.41) is 3.02. The van der Waals surface area contributed by atoms with Gasteiger partial charge in [0.05, 0.1) is 5.69 Å². The molecule has 0 radical (unpaired) electrons. The second-order valence-electron chi connectivity index (χ2n) is 7.66. The number of aryl methyl sites for hydroxylation is 1. The van der Waals surface area contributed by atoms with E-state index in [1.54, 1.807) is 6.26 Å². The molecule has 0 unspecified atom stereocenters. The molecule has 1 N–H and O–H groups in total. The molecule has 1 aromatic heterocycles. The minimum absolute atomic E-state index is 0.0127. The van der Waals surface area contributed by atoms with Crippen molar-refractivity contribution in [3.05, 3.63) is 77.7 Å². The minimum Gasteiger partial charge on any atom is -0.444 e. The smallest absolute Gasteiger partial charge is 0.317 e. The molecule has 29 heavy (non-hydrogen) atoms. The van der Waals surface area contributed by atoms with Crippen LogP contribution in [0, 0.1) is 6.92 Å². The Hall–Kier alpha value is -3.08. The lowest BCUT2D eigenvalue weighted by molar-refractivity contribution is 0.181. The van der Waals surface area contributed by atoms with Crippen LogP contribution in [0.5, 0.6) is 0 Å². The average Bonchev–Trinajstić information content (AvgIpc) is 3.24. The van der Waals surface area contributed by atoms with Gasteiger partial charge in [-0.1, -0.05) is 48.0 Å². The summed E-state index contributed by atoms with van der Waals surface area (Å²) in [5.74, 6) is 1.17. The number of aromatic nitrogens is 1. The van der Waals surface area contributed by atoms with E-state index in [2.05, 4.69) is 41.5 Å². The highest BCUT2D eigenvalue weighted by Crippen LogP contribution is 2.27. The summed E-state index contributed by atoms with van der Waals surface area (Å²) < 4.78 is 5.58. The molecule has 0 atom stereocenters. The van der Waals surface area contributed by atoms with Crippen molar-refractivity contribution in [1.82, 2.24) is 15.2 Å². The number of carbonyl (C=O) groups is 1. The van der Waals surface area contributed by atoms with Crippen LogP contribution in [0.3, 0.4) is 0 Å². The molecule has 150 valence electrons. The van der Waals surface area contributed by atoms with E-state index in [9.17, 15) is 4.79 Å². The molecular weight excluding hydrogens is 362 g/mol. The highest BCUT2D eigenvalue weighted by atomic mass is 16.3. The van der Waals surface area contributed by atoms with Gasteiger partial charge in [-0.05, 0) is 43.4 Å². The highest BCUT2D eigenvalue weighted by Gasteiger charge is 2.23. The molecule has 1 aliphatic rings. The van der Waals surface area contributed by atoms with Gasteiger partial charge in [0.25, 0.3) is 0 Å². The maximum absolute atomic E-state index is 12.5. The zero-order valence-corrected chi connectivity index (χ0v) is 16.8. The molecule has 5 heteroatoms. The van der Waals surface area contributed by atoms with Crippen molar-refractivity contribution in [3.8, 4) is 11.5 Å².